The highest BCUT2D eigenvalue weighted by atomic mass is 16.5. The Hall–Kier alpha value is -1.84. The highest BCUT2D eigenvalue weighted by Gasteiger charge is 2.05. The van der Waals surface area contributed by atoms with Gasteiger partial charge in [-0.15, -0.1) is 0 Å². The lowest BCUT2D eigenvalue weighted by Gasteiger charge is -2.06. The number of ether oxygens (including phenoxy) is 1. The van der Waals surface area contributed by atoms with E-state index in [1.54, 1.807) is 31.4 Å². The Bertz CT molecular complexity index is 439. The number of nitrogens with zero attached hydrogens (tertiary/aromatic N) is 1. The normalized spacial score (nSPS) is 11.5. The monoisotopic (exact) mass is 248 g/mol. The van der Waals surface area contributed by atoms with Gasteiger partial charge in [0.05, 0.1) is 7.11 Å². The summed E-state index contributed by atoms with van der Waals surface area (Å²) in [5.74, 6) is 0.963. The molecule has 1 aromatic carbocycles. The number of carbonyl (C=O) groups excluding carboxylic acids is 1. The molecule has 0 aliphatic heterocycles. The zero-order valence-corrected chi connectivity index (χ0v) is 11.4. The van der Waals surface area contributed by atoms with Crippen molar-refractivity contribution in [1.29, 1.82) is 0 Å². The van der Waals surface area contributed by atoms with Crippen LogP contribution >= 0.6 is 0 Å². The second-order valence-electron chi connectivity index (χ2n) is 4.62. The maximum Gasteiger partial charge on any atom is 0.271 e. The van der Waals surface area contributed by atoms with Gasteiger partial charge >= 0.3 is 0 Å². The minimum atomic E-state index is -0.225. The Balaban J connectivity index is 2.65. The molecule has 0 radical (unpaired) electrons. The summed E-state index contributed by atoms with van der Waals surface area (Å²) in [5.41, 5.74) is 4.00. The molecule has 0 heterocycles. The van der Waals surface area contributed by atoms with Gasteiger partial charge < -0.3 is 4.74 Å². The third-order valence-corrected chi connectivity index (χ3v) is 2.38. The molecule has 1 N–H and O–H groups in total. The summed E-state index contributed by atoms with van der Waals surface area (Å²) in [6, 6.07) is 6.98. The van der Waals surface area contributed by atoms with Crippen LogP contribution in [0, 0.1) is 5.92 Å². The van der Waals surface area contributed by atoms with E-state index in [0.29, 0.717) is 17.2 Å². The maximum atomic E-state index is 11.8. The van der Waals surface area contributed by atoms with E-state index in [1.165, 1.54) is 0 Å². The van der Waals surface area contributed by atoms with Gasteiger partial charge in [0.15, 0.2) is 0 Å². The molecule has 0 atom stereocenters. The number of nitrogens with one attached hydrogen (secondary N) is 1. The van der Waals surface area contributed by atoms with Gasteiger partial charge in [-0.2, -0.15) is 5.10 Å². The van der Waals surface area contributed by atoms with E-state index in [-0.39, 0.29) is 5.91 Å². The number of hydrazone groups is 1. The van der Waals surface area contributed by atoms with Crippen LogP contribution in [-0.2, 0) is 0 Å². The Labute approximate surface area is 108 Å². The predicted octanol–water partition coefficient (Wildman–Crippen LogP) is 2.85. The van der Waals surface area contributed by atoms with Crippen molar-refractivity contribution in [3.05, 3.63) is 29.8 Å². The lowest BCUT2D eigenvalue weighted by Crippen LogP contribution is -2.19. The Kier molecular flexibility index (Phi) is 5.36. The number of benzene rings is 1. The van der Waals surface area contributed by atoms with Crippen LogP contribution in [0.5, 0.6) is 5.75 Å². The van der Waals surface area contributed by atoms with Gasteiger partial charge in [-0.3, -0.25) is 4.79 Å². The summed E-state index contributed by atoms with van der Waals surface area (Å²) >= 11 is 0. The fraction of sp³-hybridized carbons (Fsp3) is 0.429. The van der Waals surface area contributed by atoms with Gasteiger partial charge in [0.1, 0.15) is 5.75 Å². The molecular formula is C14H20N2O2. The van der Waals surface area contributed by atoms with Crippen molar-refractivity contribution in [2.45, 2.75) is 27.2 Å². The number of hydrogen-bond acceptors (Lipinski definition) is 3. The number of amides is 1. The molecule has 0 fully saturated rings. The molecule has 18 heavy (non-hydrogen) atoms. The lowest BCUT2D eigenvalue weighted by atomic mass is 10.1. The smallest absolute Gasteiger partial charge is 0.271 e. The van der Waals surface area contributed by atoms with E-state index in [9.17, 15) is 4.79 Å². The quantitative estimate of drug-likeness (QED) is 0.643. The molecule has 0 saturated heterocycles. The lowest BCUT2D eigenvalue weighted by molar-refractivity contribution is 0.0954. The van der Waals surface area contributed by atoms with Crippen LogP contribution in [0.25, 0.3) is 0 Å². The highest BCUT2D eigenvalue weighted by molar-refractivity contribution is 5.95. The molecular weight excluding hydrogens is 228 g/mol. The first-order chi connectivity index (χ1) is 8.52. The van der Waals surface area contributed by atoms with Gasteiger partial charge in [0.2, 0.25) is 0 Å². The molecule has 1 aromatic rings. The average Bonchev–Trinajstić information content (AvgIpc) is 2.35. The molecule has 0 aliphatic carbocycles. The molecule has 1 rings (SSSR count). The molecule has 0 saturated carbocycles. The minimum Gasteiger partial charge on any atom is -0.497 e. The van der Waals surface area contributed by atoms with Crippen molar-refractivity contribution in [1.82, 2.24) is 5.43 Å². The second-order valence-corrected chi connectivity index (χ2v) is 4.62. The maximum absolute atomic E-state index is 11.8. The summed E-state index contributed by atoms with van der Waals surface area (Å²) in [4.78, 5) is 11.8. The third-order valence-electron chi connectivity index (χ3n) is 2.38. The van der Waals surface area contributed by atoms with Crippen molar-refractivity contribution in [2.75, 3.05) is 7.11 Å². The molecule has 0 aromatic heterocycles. The van der Waals surface area contributed by atoms with Crippen LogP contribution in [0.3, 0.4) is 0 Å². The van der Waals surface area contributed by atoms with E-state index >= 15 is 0 Å². The van der Waals surface area contributed by atoms with E-state index < -0.39 is 0 Å². The van der Waals surface area contributed by atoms with Crippen LogP contribution in [0.1, 0.15) is 37.6 Å². The van der Waals surface area contributed by atoms with Crippen molar-refractivity contribution in [3.63, 3.8) is 0 Å². The summed E-state index contributed by atoms with van der Waals surface area (Å²) in [6.45, 7) is 6.14. The van der Waals surface area contributed by atoms with Gasteiger partial charge in [-0.25, -0.2) is 5.43 Å². The molecule has 0 aliphatic rings. The van der Waals surface area contributed by atoms with Crippen LogP contribution in [0.4, 0.5) is 0 Å². The molecule has 0 spiro atoms. The first kappa shape index (κ1) is 14.2. The van der Waals surface area contributed by atoms with Crippen molar-refractivity contribution < 1.29 is 9.53 Å². The van der Waals surface area contributed by atoms with Gasteiger partial charge in [0.25, 0.3) is 5.91 Å². The molecule has 0 bridgehead atoms. The first-order valence-electron chi connectivity index (χ1n) is 6.00. The van der Waals surface area contributed by atoms with Crippen molar-refractivity contribution >= 4 is 11.6 Å². The number of rotatable bonds is 5. The van der Waals surface area contributed by atoms with Crippen LogP contribution in [0.2, 0.25) is 0 Å². The number of carbonyl (C=O) groups is 1. The molecule has 1 amide bonds. The van der Waals surface area contributed by atoms with Crippen LogP contribution in [-0.4, -0.2) is 18.7 Å². The fourth-order valence-electron chi connectivity index (χ4n) is 1.61. The zero-order valence-electron chi connectivity index (χ0n) is 11.4. The zero-order chi connectivity index (χ0) is 13.5. The van der Waals surface area contributed by atoms with Crippen LogP contribution < -0.4 is 10.2 Å². The van der Waals surface area contributed by atoms with Gasteiger partial charge in [-0.1, -0.05) is 19.9 Å². The number of methoxy groups -OCH3 is 1. The van der Waals surface area contributed by atoms with Crippen LogP contribution in [0.15, 0.2) is 29.4 Å². The predicted molar refractivity (Wildman–Crippen MR) is 73.0 cm³/mol. The number of hydrogen-bond donors (Lipinski definition) is 1. The van der Waals surface area contributed by atoms with E-state index in [1.807, 2.05) is 6.92 Å². The van der Waals surface area contributed by atoms with E-state index in [0.717, 1.165) is 12.1 Å². The van der Waals surface area contributed by atoms with Crippen molar-refractivity contribution in [2.24, 2.45) is 11.0 Å². The largest absolute Gasteiger partial charge is 0.497 e. The summed E-state index contributed by atoms with van der Waals surface area (Å²) < 4.78 is 5.07. The SMILES string of the molecule is COc1cccc(C(=O)N/N=C(\C)CC(C)C)c1. The van der Waals surface area contributed by atoms with E-state index in [2.05, 4.69) is 24.4 Å². The minimum absolute atomic E-state index is 0.225. The van der Waals surface area contributed by atoms with E-state index in [4.69, 9.17) is 4.74 Å². The standard InChI is InChI=1S/C14H20N2O2/c1-10(2)8-11(3)15-16-14(17)12-6-5-7-13(9-12)18-4/h5-7,9-10H,8H2,1-4H3,(H,16,17)/b15-11+. The highest BCUT2D eigenvalue weighted by Crippen LogP contribution is 2.12. The fourth-order valence-corrected chi connectivity index (χ4v) is 1.61. The summed E-state index contributed by atoms with van der Waals surface area (Å²) in [7, 11) is 1.57. The van der Waals surface area contributed by atoms with Gasteiger partial charge in [0, 0.05) is 11.3 Å². The molecule has 4 nitrogen and oxygen atoms in total. The summed E-state index contributed by atoms with van der Waals surface area (Å²) in [5, 5.41) is 4.07. The Morgan fingerprint density at radius 2 is 2.17 bits per heavy atom. The first-order valence-corrected chi connectivity index (χ1v) is 6.00. The average molecular weight is 248 g/mol. The topological polar surface area (TPSA) is 50.7 Å². The molecule has 0 unspecified atom stereocenters. The Morgan fingerprint density at radius 3 is 2.78 bits per heavy atom. The second kappa shape index (κ2) is 6.79. The summed E-state index contributed by atoms with van der Waals surface area (Å²) in [6.07, 6.45) is 0.873. The van der Waals surface area contributed by atoms with Crippen molar-refractivity contribution in [3.8, 4) is 5.75 Å². The molecule has 4 heteroatoms. The van der Waals surface area contributed by atoms with Gasteiger partial charge in [-0.05, 0) is 37.5 Å². The Morgan fingerprint density at radius 1 is 1.44 bits per heavy atom. The third kappa shape index (κ3) is 4.57. The molecule has 98 valence electrons.